The van der Waals surface area contributed by atoms with Crippen LogP contribution in [0.3, 0.4) is 0 Å². The molecular formula is C25H29NO6. The van der Waals surface area contributed by atoms with Crippen LogP contribution in [0.5, 0.6) is 23.0 Å². The van der Waals surface area contributed by atoms with Crippen molar-refractivity contribution in [2.45, 2.75) is 19.3 Å². The largest absolute Gasteiger partial charge is 0.493 e. The fourth-order valence-corrected chi connectivity index (χ4v) is 4.95. The van der Waals surface area contributed by atoms with Crippen molar-refractivity contribution in [2.24, 2.45) is 0 Å². The van der Waals surface area contributed by atoms with E-state index < -0.39 is 0 Å². The molecule has 0 unspecified atom stereocenters. The number of fused-ring (bicyclic) bond motifs is 6. The maximum atomic E-state index is 5.69. The van der Waals surface area contributed by atoms with Gasteiger partial charge in [-0.2, -0.15) is 0 Å². The van der Waals surface area contributed by atoms with E-state index in [1.807, 2.05) is 0 Å². The zero-order chi connectivity index (χ0) is 22.2. The molecule has 170 valence electrons. The van der Waals surface area contributed by atoms with Crippen molar-refractivity contribution in [1.82, 2.24) is 4.90 Å². The van der Waals surface area contributed by atoms with Crippen LogP contribution >= 0.6 is 0 Å². The van der Waals surface area contributed by atoms with Gasteiger partial charge in [0.1, 0.15) is 0 Å². The van der Waals surface area contributed by atoms with E-state index in [9.17, 15) is 0 Å². The molecule has 2 heterocycles. The minimum atomic E-state index is -0.151. The van der Waals surface area contributed by atoms with Gasteiger partial charge < -0.3 is 28.4 Å². The van der Waals surface area contributed by atoms with Crippen LogP contribution in [0, 0.1) is 0 Å². The summed E-state index contributed by atoms with van der Waals surface area (Å²) in [5.41, 5.74) is 2.63. The molecule has 0 amide bonds. The maximum Gasteiger partial charge on any atom is 0.170 e. The lowest BCUT2D eigenvalue weighted by Crippen LogP contribution is -2.37. The first kappa shape index (κ1) is 21.1. The molecule has 7 nitrogen and oxygen atoms in total. The van der Waals surface area contributed by atoms with Crippen LogP contribution in [0.4, 0.5) is 0 Å². The minimum absolute atomic E-state index is 0.151. The molecule has 0 N–H and O–H groups in total. The third-order valence-corrected chi connectivity index (χ3v) is 6.51. The van der Waals surface area contributed by atoms with Crippen molar-refractivity contribution in [3.63, 3.8) is 0 Å². The Labute approximate surface area is 187 Å². The quantitative estimate of drug-likeness (QED) is 0.542. The van der Waals surface area contributed by atoms with Crippen LogP contribution < -0.4 is 18.9 Å². The van der Waals surface area contributed by atoms with Crippen molar-refractivity contribution in [3.05, 3.63) is 35.4 Å². The van der Waals surface area contributed by atoms with E-state index in [-0.39, 0.29) is 6.29 Å². The fourth-order valence-electron chi connectivity index (χ4n) is 4.95. The van der Waals surface area contributed by atoms with Crippen molar-refractivity contribution in [3.8, 4) is 23.0 Å². The molecule has 0 aliphatic carbocycles. The Balaban J connectivity index is 1.73. The van der Waals surface area contributed by atoms with Crippen molar-refractivity contribution < 1.29 is 28.4 Å². The van der Waals surface area contributed by atoms with Gasteiger partial charge in [0.05, 0.1) is 41.7 Å². The Bertz CT molecular complexity index is 1150. The van der Waals surface area contributed by atoms with Crippen molar-refractivity contribution in [1.29, 1.82) is 0 Å². The molecule has 0 spiro atoms. The third-order valence-electron chi connectivity index (χ3n) is 6.51. The highest BCUT2D eigenvalue weighted by atomic mass is 16.7. The van der Waals surface area contributed by atoms with E-state index in [2.05, 4.69) is 29.2 Å². The summed E-state index contributed by atoms with van der Waals surface area (Å²) in [6.07, 6.45) is 0.778. The van der Waals surface area contributed by atoms with Gasteiger partial charge in [0.15, 0.2) is 29.3 Å². The summed E-state index contributed by atoms with van der Waals surface area (Å²) < 4.78 is 33.9. The summed E-state index contributed by atoms with van der Waals surface area (Å²) >= 11 is 0. The van der Waals surface area contributed by atoms with Crippen molar-refractivity contribution >= 4 is 21.5 Å². The Morgan fingerprint density at radius 1 is 0.719 bits per heavy atom. The van der Waals surface area contributed by atoms with Gasteiger partial charge in [-0.05, 0) is 63.4 Å². The number of benzene rings is 3. The van der Waals surface area contributed by atoms with Crippen LogP contribution in [0.25, 0.3) is 21.5 Å². The van der Waals surface area contributed by atoms with Gasteiger partial charge >= 0.3 is 0 Å². The zero-order valence-electron chi connectivity index (χ0n) is 19.0. The molecule has 2 aliphatic rings. The van der Waals surface area contributed by atoms with Gasteiger partial charge in [-0.25, -0.2) is 0 Å². The first-order valence-corrected chi connectivity index (χ1v) is 10.9. The Morgan fingerprint density at radius 3 is 1.69 bits per heavy atom. The summed E-state index contributed by atoms with van der Waals surface area (Å²) in [5, 5.41) is 4.57. The number of nitrogens with zero attached hydrogens (tertiary/aromatic N) is 1. The molecule has 0 radical (unpaired) electrons. The zero-order valence-corrected chi connectivity index (χ0v) is 19.0. The molecule has 2 aliphatic heterocycles. The Morgan fingerprint density at radius 2 is 1.19 bits per heavy atom. The SMILES string of the molecule is COc1cc2c3c(c4cc(OC)c(OC)cc4c2cc1OC)CN(CC1OCCO1)CC3. The molecule has 0 aromatic heterocycles. The fraction of sp³-hybridized carbons (Fsp3) is 0.440. The summed E-state index contributed by atoms with van der Waals surface area (Å²) in [5.74, 6) is 2.87. The summed E-state index contributed by atoms with van der Waals surface area (Å²) in [4.78, 5) is 2.40. The predicted octanol–water partition coefficient (Wildman–Crippen LogP) is 3.76. The van der Waals surface area contributed by atoms with E-state index >= 15 is 0 Å². The van der Waals surface area contributed by atoms with Gasteiger partial charge in [-0.3, -0.25) is 4.90 Å². The van der Waals surface area contributed by atoms with Crippen LogP contribution in [-0.2, 0) is 22.4 Å². The van der Waals surface area contributed by atoms with Crippen molar-refractivity contribution in [2.75, 3.05) is 54.7 Å². The lowest BCUT2D eigenvalue weighted by atomic mass is 9.87. The first-order valence-electron chi connectivity index (χ1n) is 10.9. The van der Waals surface area contributed by atoms with Gasteiger partial charge in [0.25, 0.3) is 0 Å². The molecule has 0 saturated carbocycles. The predicted molar refractivity (Wildman–Crippen MR) is 122 cm³/mol. The molecule has 0 bridgehead atoms. The molecular weight excluding hydrogens is 410 g/mol. The average Bonchev–Trinajstić information content (AvgIpc) is 3.35. The lowest BCUT2D eigenvalue weighted by Gasteiger charge is -2.32. The highest BCUT2D eigenvalue weighted by Gasteiger charge is 2.27. The minimum Gasteiger partial charge on any atom is -0.493 e. The summed E-state index contributed by atoms with van der Waals surface area (Å²) in [6.45, 7) is 3.86. The lowest BCUT2D eigenvalue weighted by molar-refractivity contribution is -0.0638. The van der Waals surface area contributed by atoms with E-state index in [4.69, 9.17) is 28.4 Å². The van der Waals surface area contributed by atoms with Gasteiger partial charge in [0, 0.05) is 19.6 Å². The maximum absolute atomic E-state index is 5.69. The topological polar surface area (TPSA) is 58.6 Å². The number of hydrogen-bond donors (Lipinski definition) is 0. The average molecular weight is 440 g/mol. The second kappa shape index (κ2) is 8.65. The normalized spacial score (nSPS) is 17.0. The van der Waals surface area contributed by atoms with Crippen LogP contribution in [0.2, 0.25) is 0 Å². The number of hydrogen-bond acceptors (Lipinski definition) is 7. The standard InChI is InChI=1S/C25H29NO6/c1-27-21-9-16-15-5-6-26(14-25-31-7-8-32-25)13-20(15)19-12-24(30-4)23(29-3)11-18(19)17(16)10-22(21)28-2/h9-12,25H,5-8,13-14H2,1-4H3. The first-order chi connectivity index (χ1) is 15.7. The third kappa shape index (κ3) is 3.50. The highest BCUT2D eigenvalue weighted by Crippen LogP contribution is 2.44. The van der Waals surface area contributed by atoms with E-state index in [0.717, 1.165) is 53.7 Å². The Hall–Kier alpha value is -2.74. The molecule has 5 rings (SSSR count). The smallest absolute Gasteiger partial charge is 0.170 e. The molecule has 3 aromatic carbocycles. The monoisotopic (exact) mass is 439 g/mol. The van der Waals surface area contributed by atoms with Gasteiger partial charge in [0.2, 0.25) is 0 Å². The number of rotatable bonds is 6. The van der Waals surface area contributed by atoms with E-state index in [1.165, 1.54) is 16.5 Å². The Kier molecular flexibility index (Phi) is 5.71. The van der Waals surface area contributed by atoms with Gasteiger partial charge in [-0.15, -0.1) is 0 Å². The summed E-state index contributed by atoms with van der Waals surface area (Å²) in [7, 11) is 6.68. The summed E-state index contributed by atoms with van der Waals surface area (Å²) in [6, 6.07) is 8.32. The number of methoxy groups -OCH3 is 4. The molecule has 1 fully saturated rings. The van der Waals surface area contributed by atoms with Crippen LogP contribution in [0.15, 0.2) is 24.3 Å². The molecule has 7 heteroatoms. The molecule has 3 aromatic rings. The second-order valence-electron chi connectivity index (χ2n) is 8.12. The van der Waals surface area contributed by atoms with Crippen LogP contribution in [-0.4, -0.2) is 65.9 Å². The number of ether oxygens (including phenoxy) is 6. The van der Waals surface area contributed by atoms with Crippen LogP contribution in [0.1, 0.15) is 11.1 Å². The highest BCUT2D eigenvalue weighted by molar-refractivity contribution is 6.12. The molecule has 0 atom stereocenters. The van der Waals surface area contributed by atoms with E-state index in [1.54, 1.807) is 28.4 Å². The molecule has 1 saturated heterocycles. The van der Waals surface area contributed by atoms with Gasteiger partial charge in [-0.1, -0.05) is 0 Å². The molecule has 32 heavy (non-hydrogen) atoms. The van der Waals surface area contributed by atoms with E-state index in [0.29, 0.717) is 24.7 Å². The second-order valence-corrected chi connectivity index (χ2v) is 8.12.